The molecule has 0 atom stereocenters. The Morgan fingerprint density at radius 3 is 2.75 bits per heavy atom. The van der Waals surface area contributed by atoms with Gasteiger partial charge in [0, 0.05) is 28.6 Å². The molecular formula is C17H14FN3OS2. The summed E-state index contributed by atoms with van der Waals surface area (Å²) < 4.78 is 12.8. The maximum atomic E-state index is 12.8. The van der Waals surface area contributed by atoms with Crippen molar-refractivity contribution in [2.75, 3.05) is 11.1 Å². The van der Waals surface area contributed by atoms with Crippen LogP contribution < -0.4 is 5.32 Å². The molecule has 2 heterocycles. The second-order valence-electron chi connectivity index (χ2n) is 4.85. The van der Waals surface area contributed by atoms with E-state index in [9.17, 15) is 9.18 Å². The molecule has 0 aliphatic heterocycles. The van der Waals surface area contributed by atoms with Gasteiger partial charge in [0.25, 0.3) is 0 Å². The number of anilines is 1. The molecule has 122 valence electrons. The predicted octanol–water partition coefficient (Wildman–Crippen LogP) is 4.47. The summed E-state index contributed by atoms with van der Waals surface area (Å²) in [5.41, 5.74) is 1.53. The van der Waals surface area contributed by atoms with Gasteiger partial charge in [0.15, 0.2) is 5.13 Å². The number of hydrogen-bond donors (Lipinski definition) is 1. The lowest BCUT2D eigenvalue weighted by Crippen LogP contribution is -2.11. The molecule has 3 aromatic rings. The highest BCUT2D eigenvalue weighted by Crippen LogP contribution is 2.24. The largest absolute Gasteiger partial charge is 0.302 e. The van der Waals surface area contributed by atoms with Gasteiger partial charge in [-0.05, 0) is 36.4 Å². The van der Waals surface area contributed by atoms with Crippen LogP contribution in [-0.2, 0) is 4.79 Å². The fourth-order valence-electron chi connectivity index (χ4n) is 1.94. The highest BCUT2D eigenvalue weighted by Gasteiger charge is 2.08. The normalized spacial score (nSPS) is 10.5. The molecule has 0 saturated carbocycles. The molecule has 1 N–H and O–H groups in total. The van der Waals surface area contributed by atoms with E-state index in [1.165, 1.54) is 35.2 Å². The molecule has 4 nitrogen and oxygen atoms in total. The summed E-state index contributed by atoms with van der Waals surface area (Å²) in [5, 5.41) is 5.22. The van der Waals surface area contributed by atoms with Gasteiger partial charge in [0.05, 0.1) is 5.69 Å². The van der Waals surface area contributed by atoms with Crippen LogP contribution in [0.2, 0.25) is 0 Å². The lowest BCUT2D eigenvalue weighted by Gasteiger charge is -2.02. The Labute approximate surface area is 147 Å². The summed E-state index contributed by atoms with van der Waals surface area (Å²) in [4.78, 5) is 21.5. The number of carbonyl (C=O) groups excluding carboxylic acids is 1. The zero-order chi connectivity index (χ0) is 16.8. The van der Waals surface area contributed by atoms with Crippen molar-refractivity contribution in [3.05, 3.63) is 59.9 Å². The first kappa shape index (κ1) is 16.6. The van der Waals surface area contributed by atoms with Crippen molar-refractivity contribution in [3.8, 4) is 11.4 Å². The van der Waals surface area contributed by atoms with Gasteiger partial charge in [-0.2, -0.15) is 0 Å². The van der Waals surface area contributed by atoms with Crippen molar-refractivity contribution in [1.82, 2.24) is 9.97 Å². The smallest absolute Gasteiger partial charge is 0.226 e. The molecule has 1 aromatic carbocycles. The molecule has 0 bridgehead atoms. The number of nitrogens with zero attached hydrogens (tertiary/aromatic N) is 2. The average molecular weight is 359 g/mol. The van der Waals surface area contributed by atoms with E-state index in [4.69, 9.17) is 0 Å². The minimum Gasteiger partial charge on any atom is -0.302 e. The molecule has 0 fully saturated rings. The van der Waals surface area contributed by atoms with Gasteiger partial charge in [-0.1, -0.05) is 6.07 Å². The number of pyridine rings is 1. The number of halogens is 1. The summed E-state index contributed by atoms with van der Waals surface area (Å²) in [7, 11) is 0. The first-order valence-electron chi connectivity index (χ1n) is 7.26. The van der Waals surface area contributed by atoms with E-state index in [1.807, 2.05) is 23.6 Å². The number of amides is 1. The number of carbonyl (C=O) groups is 1. The van der Waals surface area contributed by atoms with Gasteiger partial charge in [-0.15, -0.1) is 23.1 Å². The molecule has 0 radical (unpaired) electrons. The maximum Gasteiger partial charge on any atom is 0.226 e. The SMILES string of the molecule is O=C(CCSc1ccc(F)cc1)Nc1nc(-c2ccccn2)cs1. The number of thioether (sulfide) groups is 1. The van der Waals surface area contributed by atoms with Gasteiger partial charge in [0.2, 0.25) is 5.91 Å². The van der Waals surface area contributed by atoms with E-state index in [0.29, 0.717) is 17.3 Å². The lowest BCUT2D eigenvalue weighted by atomic mass is 10.3. The van der Waals surface area contributed by atoms with Crippen LogP contribution in [0, 0.1) is 5.82 Å². The lowest BCUT2D eigenvalue weighted by molar-refractivity contribution is -0.115. The van der Waals surface area contributed by atoms with Gasteiger partial charge >= 0.3 is 0 Å². The third kappa shape index (κ3) is 4.62. The minimum absolute atomic E-state index is 0.0912. The molecular weight excluding hydrogens is 345 g/mol. The summed E-state index contributed by atoms with van der Waals surface area (Å²) >= 11 is 2.89. The molecule has 0 aliphatic carbocycles. The number of aromatic nitrogens is 2. The van der Waals surface area contributed by atoms with E-state index >= 15 is 0 Å². The maximum absolute atomic E-state index is 12.8. The van der Waals surface area contributed by atoms with Crippen LogP contribution in [0.3, 0.4) is 0 Å². The number of thiazole rings is 1. The van der Waals surface area contributed by atoms with Crippen molar-refractivity contribution >= 4 is 34.1 Å². The fourth-order valence-corrected chi connectivity index (χ4v) is 3.51. The summed E-state index contributed by atoms with van der Waals surface area (Å²) in [6, 6.07) is 11.9. The van der Waals surface area contributed by atoms with Gasteiger partial charge in [0.1, 0.15) is 11.5 Å². The van der Waals surface area contributed by atoms with E-state index < -0.39 is 0 Å². The Bertz CT molecular complexity index is 806. The van der Waals surface area contributed by atoms with Gasteiger partial charge in [-0.25, -0.2) is 9.37 Å². The molecule has 24 heavy (non-hydrogen) atoms. The molecule has 2 aromatic heterocycles. The van der Waals surface area contributed by atoms with Crippen molar-refractivity contribution in [2.45, 2.75) is 11.3 Å². The van der Waals surface area contributed by atoms with Crippen LogP contribution in [0.25, 0.3) is 11.4 Å². The number of hydrogen-bond acceptors (Lipinski definition) is 5. The van der Waals surface area contributed by atoms with Crippen LogP contribution in [0.1, 0.15) is 6.42 Å². The Kier molecular flexibility index (Phi) is 5.55. The number of rotatable bonds is 6. The van der Waals surface area contributed by atoms with Crippen molar-refractivity contribution in [1.29, 1.82) is 0 Å². The highest BCUT2D eigenvalue weighted by molar-refractivity contribution is 7.99. The van der Waals surface area contributed by atoms with Crippen LogP contribution in [0.5, 0.6) is 0 Å². The molecule has 1 amide bonds. The Balaban J connectivity index is 1.48. The number of benzene rings is 1. The zero-order valence-corrected chi connectivity index (χ0v) is 14.2. The molecule has 0 aliphatic rings. The molecule has 0 spiro atoms. The van der Waals surface area contributed by atoms with E-state index in [1.54, 1.807) is 18.3 Å². The van der Waals surface area contributed by atoms with Crippen LogP contribution in [0.15, 0.2) is 58.9 Å². The summed E-state index contributed by atoms with van der Waals surface area (Å²) in [6.07, 6.45) is 2.07. The molecule has 7 heteroatoms. The van der Waals surface area contributed by atoms with Crippen molar-refractivity contribution in [2.24, 2.45) is 0 Å². The summed E-state index contributed by atoms with van der Waals surface area (Å²) in [5.74, 6) is 0.270. The second kappa shape index (κ2) is 8.03. The fraction of sp³-hybridized carbons (Fsp3) is 0.118. The number of nitrogens with one attached hydrogen (secondary N) is 1. The van der Waals surface area contributed by atoms with E-state index in [-0.39, 0.29) is 11.7 Å². The quantitative estimate of drug-likeness (QED) is 0.660. The Hall–Kier alpha value is -2.25. The van der Waals surface area contributed by atoms with E-state index in [2.05, 4.69) is 15.3 Å². The highest BCUT2D eigenvalue weighted by atomic mass is 32.2. The van der Waals surface area contributed by atoms with Crippen LogP contribution >= 0.6 is 23.1 Å². The van der Waals surface area contributed by atoms with Crippen molar-refractivity contribution in [3.63, 3.8) is 0 Å². The molecule has 0 unspecified atom stereocenters. The first-order chi connectivity index (χ1) is 11.7. The first-order valence-corrected chi connectivity index (χ1v) is 9.12. The topological polar surface area (TPSA) is 54.9 Å². The Morgan fingerprint density at radius 2 is 2.00 bits per heavy atom. The third-order valence-electron chi connectivity index (χ3n) is 3.09. The zero-order valence-electron chi connectivity index (χ0n) is 12.6. The van der Waals surface area contributed by atoms with Crippen molar-refractivity contribution < 1.29 is 9.18 Å². The van der Waals surface area contributed by atoms with Crippen LogP contribution in [-0.4, -0.2) is 21.6 Å². The molecule has 3 rings (SSSR count). The molecule has 0 saturated heterocycles. The minimum atomic E-state index is -0.260. The Morgan fingerprint density at radius 1 is 1.17 bits per heavy atom. The average Bonchev–Trinajstić information content (AvgIpc) is 3.06. The summed E-state index contributed by atoms with van der Waals surface area (Å²) in [6.45, 7) is 0. The second-order valence-corrected chi connectivity index (χ2v) is 6.88. The predicted molar refractivity (Wildman–Crippen MR) is 95.7 cm³/mol. The van der Waals surface area contributed by atoms with Gasteiger partial charge < -0.3 is 5.32 Å². The standard InChI is InChI=1S/C17H14FN3OS2/c18-12-4-6-13(7-5-12)23-10-8-16(22)21-17-20-15(11-24-17)14-3-1-2-9-19-14/h1-7,9,11H,8,10H2,(H,20,21,22). The van der Waals surface area contributed by atoms with E-state index in [0.717, 1.165) is 16.3 Å². The van der Waals surface area contributed by atoms with Gasteiger partial charge in [-0.3, -0.25) is 9.78 Å². The van der Waals surface area contributed by atoms with Crippen LogP contribution in [0.4, 0.5) is 9.52 Å². The monoisotopic (exact) mass is 359 g/mol. The third-order valence-corrected chi connectivity index (χ3v) is 4.86.